The van der Waals surface area contributed by atoms with Gasteiger partial charge in [-0.3, -0.25) is 0 Å². The number of nitrogens with zero attached hydrogens (tertiary/aromatic N) is 1. The fourth-order valence-electron chi connectivity index (χ4n) is 1.83. The van der Waals surface area contributed by atoms with Crippen molar-refractivity contribution in [1.29, 1.82) is 0 Å². The van der Waals surface area contributed by atoms with Crippen LogP contribution in [0.25, 0.3) is 0 Å². The first-order chi connectivity index (χ1) is 9.83. The Morgan fingerprint density at radius 3 is 2.48 bits per heavy atom. The van der Waals surface area contributed by atoms with Gasteiger partial charge < -0.3 is 15.3 Å². The van der Waals surface area contributed by atoms with Crippen LogP contribution in [0.4, 0.5) is 18.0 Å². The third-order valence-corrected chi connectivity index (χ3v) is 2.98. The van der Waals surface area contributed by atoms with Crippen LogP contribution in [-0.4, -0.2) is 41.4 Å². The van der Waals surface area contributed by atoms with Gasteiger partial charge in [0.15, 0.2) is 0 Å². The van der Waals surface area contributed by atoms with Crippen LogP contribution in [0.1, 0.15) is 18.9 Å². The predicted octanol–water partition coefficient (Wildman–Crippen LogP) is 2.53. The van der Waals surface area contributed by atoms with Crippen molar-refractivity contribution in [2.45, 2.75) is 32.1 Å². The number of aliphatic hydroxyl groups excluding tert-OH is 1. The Hall–Kier alpha value is -1.76. The van der Waals surface area contributed by atoms with Crippen LogP contribution >= 0.6 is 0 Å². The number of rotatable bonds is 6. The minimum absolute atomic E-state index is 0.140. The van der Waals surface area contributed by atoms with Gasteiger partial charge in [-0.2, -0.15) is 13.2 Å². The number of amides is 2. The number of hydrogen-bond donors (Lipinski definition) is 2. The van der Waals surface area contributed by atoms with Crippen molar-refractivity contribution in [2.24, 2.45) is 0 Å². The zero-order valence-corrected chi connectivity index (χ0v) is 11.7. The van der Waals surface area contributed by atoms with E-state index in [1.54, 1.807) is 31.2 Å². The van der Waals surface area contributed by atoms with Crippen LogP contribution < -0.4 is 5.32 Å². The topological polar surface area (TPSA) is 52.6 Å². The molecule has 0 spiro atoms. The van der Waals surface area contributed by atoms with Gasteiger partial charge >= 0.3 is 12.2 Å². The molecule has 0 heterocycles. The third kappa shape index (κ3) is 6.48. The first kappa shape index (κ1) is 17.3. The second kappa shape index (κ2) is 7.87. The van der Waals surface area contributed by atoms with E-state index in [1.165, 1.54) is 4.90 Å². The number of benzene rings is 1. The Labute approximate surface area is 121 Å². The summed E-state index contributed by atoms with van der Waals surface area (Å²) in [6.07, 6.45) is -4.15. The second-order valence-electron chi connectivity index (χ2n) is 4.75. The lowest BCUT2D eigenvalue weighted by molar-refractivity contribution is -0.123. The molecule has 0 aliphatic rings. The van der Waals surface area contributed by atoms with Crippen LogP contribution in [0.5, 0.6) is 0 Å². The molecule has 1 aromatic rings. The summed E-state index contributed by atoms with van der Waals surface area (Å²) in [4.78, 5) is 13.2. The summed E-state index contributed by atoms with van der Waals surface area (Å²) in [6.45, 7) is 0.361. The van der Waals surface area contributed by atoms with E-state index in [-0.39, 0.29) is 19.2 Å². The molecule has 1 aromatic carbocycles. The number of urea groups is 1. The highest BCUT2D eigenvalue weighted by atomic mass is 19.4. The smallest absolute Gasteiger partial charge is 0.396 e. The average Bonchev–Trinajstić information content (AvgIpc) is 2.43. The molecule has 0 aliphatic heterocycles. The van der Waals surface area contributed by atoms with Gasteiger partial charge in [-0.25, -0.2) is 4.79 Å². The van der Waals surface area contributed by atoms with Crippen molar-refractivity contribution < 1.29 is 23.1 Å². The Bertz CT molecular complexity index is 438. The maximum absolute atomic E-state index is 12.2. The summed E-state index contributed by atoms with van der Waals surface area (Å²) in [5.41, 5.74) is 0.810. The maximum atomic E-state index is 12.2. The molecule has 118 valence electrons. The molecule has 0 bridgehead atoms. The molecule has 2 amide bonds. The van der Waals surface area contributed by atoms with E-state index in [1.807, 2.05) is 11.4 Å². The summed E-state index contributed by atoms with van der Waals surface area (Å²) in [7, 11) is 0. The molecule has 1 rings (SSSR count). The number of alkyl halides is 3. The van der Waals surface area contributed by atoms with Crippen molar-refractivity contribution in [1.82, 2.24) is 10.2 Å². The fourth-order valence-corrected chi connectivity index (χ4v) is 1.83. The number of aliphatic hydroxyl groups is 1. The molecule has 1 unspecified atom stereocenters. The highest BCUT2D eigenvalue weighted by Gasteiger charge is 2.29. The molecule has 1 atom stereocenters. The molecule has 0 saturated carbocycles. The SMILES string of the molecule is CC(CCO)N(Cc1ccccc1)C(=O)NCC(F)(F)F. The van der Waals surface area contributed by atoms with Crippen LogP contribution in [-0.2, 0) is 6.54 Å². The Morgan fingerprint density at radius 2 is 1.95 bits per heavy atom. The Morgan fingerprint density at radius 1 is 1.33 bits per heavy atom. The highest BCUT2D eigenvalue weighted by Crippen LogP contribution is 2.14. The fraction of sp³-hybridized carbons (Fsp3) is 0.500. The van der Waals surface area contributed by atoms with Gasteiger partial charge in [-0.1, -0.05) is 30.3 Å². The van der Waals surface area contributed by atoms with Gasteiger partial charge in [0.2, 0.25) is 0 Å². The molecule has 7 heteroatoms. The molecule has 0 radical (unpaired) electrons. The number of carbonyl (C=O) groups excluding carboxylic acids is 1. The largest absolute Gasteiger partial charge is 0.405 e. The first-order valence-electron chi connectivity index (χ1n) is 6.59. The molecular formula is C14H19F3N2O2. The van der Waals surface area contributed by atoms with Gasteiger partial charge in [0.1, 0.15) is 6.54 Å². The Kier molecular flexibility index (Phi) is 6.48. The molecule has 0 saturated heterocycles. The van der Waals surface area contributed by atoms with E-state index < -0.39 is 18.8 Å². The van der Waals surface area contributed by atoms with Crippen molar-refractivity contribution in [2.75, 3.05) is 13.2 Å². The van der Waals surface area contributed by atoms with Gasteiger partial charge in [0, 0.05) is 19.2 Å². The van der Waals surface area contributed by atoms with Crippen molar-refractivity contribution in [3.8, 4) is 0 Å². The lowest BCUT2D eigenvalue weighted by atomic mass is 10.1. The summed E-state index contributed by atoms with van der Waals surface area (Å²) in [6, 6.07) is 7.80. The van der Waals surface area contributed by atoms with Gasteiger partial charge in [0.05, 0.1) is 0 Å². The minimum Gasteiger partial charge on any atom is -0.396 e. The van der Waals surface area contributed by atoms with Gasteiger partial charge in [-0.15, -0.1) is 0 Å². The molecular weight excluding hydrogens is 285 g/mol. The quantitative estimate of drug-likeness (QED) is 0.848. The molecule has 2 N–H and O–H groups in total. The van der Waals surface area contributed by atoms with E-state index in [2.05, 4.69) is 0 Å². The van der Waals surface area contributed by atoms with Crippen molar-refractivity contribution >= 4 is 6.03 Å². The van der Waals surface area contributed by atoms with Crippen LogP contribution in [0.3, 0.4) is 0 Å². The molecule has 21 heavy (non-hydrogen) atoms. The first-order valence-corrected chi connectivity index (χ1v) is 6.59. The third-order valence-electron chi connectivity index (χ3n) is 2.98. The number of halogens is 3. The maximum Gasteiger partial charge on any atom is 0.405 e. The molecule has 4 nitrogen and oxygen atoms in total. The van der Waals surface area contributed by atoms with Crippen LogP contribution in [0, 0.1) is 0 Å². The summed E-state index contributed by atoms with van der Waals surface area (Å²) < 4.78 is 36.5. The standard InChI is InChI=1S/C14H19F3N2O2/c1-11(7-8-20)19(9-12-5-3-2-4-6-12)13(21)18-10-14(15,16)17/h2-6,11,20H,7-10H2,1H3,(H,18,21). The molecule has 0 aromatic heterocycles. The predicted molar refractivity (Wildman–Crippen MR) is 72.6 cm³/mol. The molecule has 0 aliphatic carbocycles. The summed E-state index contributed by atoms with van der Waals surface area (Å²) in [5, 5.41) is 10.8. The summed E-state index contributed by atoms with van der Waals surface area (Å²) in [5.74, 6) is 0. The van der Waals surface area contributed by atoms with Crippen LogP contribution in [0.2, 0.25) is 0 Å². The molecule has 0 fully saturated rings. The monoisotopic (exact) mass is 304 g/mol. The van der Waals surface area contributed by atoms with Crippen LogP contribution in [0.15, 0.2) is 30.3 Å². The van der Waals surface area contributed by atoms with Gasteiger partial charge in [-0.05, 0) is 18.9 Å². The Balaban J connectivity index is 2.74. The van der Waals surface area contributed by atoms with E-state index in [0.29, 0.717) is 6.42 Å². The normalized spacial score (nSPS) is 12.8. The van der Waals surface area contributed by atoms with Crippen molar-refractivity contribution in [3.63, 3.8) is 0 Å². The lowest BCUT2D eigenvalue weighted by Crippen LogP contribution is -2.47. The average molecular weight is 304 g/mol. The van der Waals surface area contributed by atoms with E-state index >= 15 is 0 Å². The zero-order chi connectivity index (χ0) is 15.9. The minimum atomic E-state index is -4.45. The second-order valence-corrected chi connectivity index (χ2v) is 4.75. The van der Waals surface area contributed by atoms with E-state index in [9.17, 15) is 18.0 Å². The highest BCUT2D eigenvalue weighted by molar-refractivity contribution is 5.74. The number of carbonyl (C=O) groups is 1. The number of hydrogen-bond acceptors (Lipinski definition) is 2. The van der Waals surface area contributed by atoms with Gasteiger partial charge in [0.25, 0.3) is 0 Å². The van der Waals surface area contributed by atoms with E-state index in [4.69, 9.17) is 5.11 Å². The lowest BCUT2D eigenvalue weighted by Gasteiger charge is -2.29. The van der Waals surface area contributed by atoms with E-state index in [0.717, 1.165) is 5.56 Å². The van der Waals surface area contributed by atoms with Crippen molar-refractivity contribution in [3.05, 3.63) is 35.9 Å². The zero-order valence-electron chi connectivity index (χ0n) is 11.7. The summed E-state index contributed by atoms with van der Waals surface area (Å²) >= 11 is 0. The number of nitrogens with one attached hydrogen (secondary N) is 1.